The molecule has 1 aliphatic heterocycles. The van der Waals surface area contributed by atoms with Gasteiger partial charge in [0.05, 0.1) is 24.3 Å². The third kappa shape index (κ3) is 3.20. The number of hydrogen-bond donors (Lipinski definition) is 0. The molecule has 0 amide bonds. The Morgan fingerprint density at radius 1 is 0.923 bits per heavy atom. The maximum Gasteiger partial charge on any atom is 0.130 e. The zero-order chi connectivity index (χ0) is 18.0. The second-order valence-corrected chi connectivity index (χ2v) is 6.85. The van der Waals surface area contributed by atoms with Crippen molar-refractivity contribution in [1.29, 1.82) is 0 Å². The zero-order valence-corrected chi connectivity index (χ0v) is 15.1. The van der Waals surface area contributed by atoms with E-state index in [-0.39, 0.29) is 5.41 Å². The molecule has 2 heterocycles. The van der Waals surface area contributed by atoms with E-state index >= 15 is 0 Å². The Morgan fingerprint density at radius 2 is 1.58 bits per heavy atom. The first kappa shape index (κ1) is 16.7. The van der Waals surface area contributed by atoms with Gasteiger partial charge in [0.1, 0.15) is 18.2 Å². The normalized spacial score (nSPS) is 15.3. The summed E-state index contributed by atoms with van der Waals surface area (Å²) < 4.78 is 11.4. The summed E-state index contributed by atoms with van der Waals surface area (Å²) in [6.07, 6.45) is 1.76. The molecule has 0 N–H and O–H groups in total. The lowest BCUT2D eigenvalue weighted by Gasteiger charge is -2.42. The smallest absolute Gasteiger partial charge is 0.130 e. The molecule has 0 bridgehead atoms. The van der Waals surface area contributed by atoms with Gasteiger partial charge in [-0.25, -0.2) is 9.97 Å². The van der Waals surface area contributed by atoms with Crippen LogP contribution >= 0.6 is 0 Å². The number of aromatic nitrogens is 2. The molecule has 0 spiro atoms. The summed E-state index contributed by atoms with van der Waals surface area (Å²) in [5.41, 5.74) is 4.67. The molecule has 3 aromatic rings. The van der Waals surface area contributed by atoms with Crippen LogP contribution in [0.4, 0.5) is 0 Å². The minimum absolute atomic E-state index is 0.0456. The van der Waals surface area contributed by atoms with Crippen LogP contribution in [0.15, 0.2) is 60.8 Å². The summed E-state index contributed by atoms with van der Waals surface area (Å²) in [5.74, 6) is 1.59. The molecule has 4 heteroatoms. The first-order valence-electron chi connectivity index (χ1n) is 8.82. The number of nitrogens with zero attached hydrogens (tertiary/aromatic N) is 2. The summed E-state index contributed by atoms with van der Waals surface area (Å²) in [6, 6.07) is 19.0. The van der Waals surface area contributed by atoms with Crippen molar-refractivity contribution >= 4 is 0 Å². The Balaban J connectivity index is 1.50. The summed E-state index contributed by atoms with van der Waals surface area (Å²) in [7, 11) is 0. The number of rotatable bonds is 5. The van der Waals surface area contributed by atoms with E-state index in [0.29, 0.717) is 6.61 Å². The van der Waals surface area contributed by atoms with Crippen LogP contribution in [0.1, 0.15) is 28.2 Å². The predicted molar refractivity (Wildman–Crippen MR) is 100 cm³/mol. The van der Waals surface area contributed by atoms with Crippen LogP contribution in [0, 0.1) is 13.8 Å². The fraction of sp³-hybridized carbons (Fsp3) is 0.273. The molecule has 2 aromatic carbocycles. The van der Waals surface area contributed by atoms with Crippen LogP contribution in [-0.2, 0) is 16.8 Å². The van der Waals surface area contributed by atoms with E-state index in [4.69, 9.17) is 9.47 Å². The van der Waals surface area contributed by atoms with Gasteiger partial charge in [-0.2, -0.15) is 0 Å². The van der Waals surface area contributed by atoms with Crippen LogP contribution in [0.2, 0.25) is 0 Å². The van der Waals surface area contributed by atoms with Crippen LogP contribution < -0.4 is 4.74 Å². The summed E-state index contributed by atoms with van der Waals surface area (Å²) in [5, 5.41) is 0. The molecule has 0 unspecified atom stereocenters. The van der Waals surface area contributed by atoms with Crippen LogP contribution in [0.3, 0.4) is 0 Å². The van der Waals surface area contributed by atoms with Gasteiger partial charge in [0.2, 0.25) is 0 Å². The maximum atomic E-state index is 5.87. The van der Waals surface area contributed by atoms with Gasteiger partial charge in [-0.1, -0.05) is 42.0 Å². The van der Waals surface area contributed by atoms with Gasteiger partial charge in [0.15, 0.2) is 0 Å². The molecule has 1 saturated heterocycles. The van der Waals surface area contributed by atoms with Crippen LogP contribution in [0.25, 0.3) is 0 Å². The minimum Gasteiger partial charge on any atom is -0.487 e. The number of ether oxygens (including phenoxy) is 2. The quantitative estimate of drug-likeness (QED) is 0.701. The molecular weight excluding hydrogens is 324 g/mol. The van der Waals surface area contributed by atoms with Gasteiger partial charge in [0.25, 0.3) is 0 Å². The van der Waals surface area contributed by atoms with Gasteiger partial charge < -0.3 is 9.47 Å². The second-order valence-electron chi connectivity index (χ2n) is 6.85. The summed E-state index contributed by atoms with van der Waals surface area (Å²) in [4.78, 5) is 8.47. The Kier molecular flexibility index (Phi) is 4.43. The van der Waals surface area contributed by atoms with Crippen molar-refractivity contribution in [1.82, 2.24) is 9.97 Å². The van der Waals surface area contributed by atoms with E-state index in [2.05, 4.69) is 53.3 Å². The van der Waals surface area contributed by atoms with E-state index in [1.807, 2.05) is 25.1 Å². The first-order valence-corrected chi connectivity index (χ1v) is 8.82. The second kappa shape index (κ2) is 6.89. The molecule has 1 fully saturated rings. The van der Waals surface area contributed by atoms with Crippen molar-refractivity contribution in [3.63, 3.8) is 0 Å². The topological polar surface area (TPSA) is 44.2 Å². The van der Waals surface area contributed by atoms with Gasteiger partial charge in [0, 0.05) is 6.20 Å². The molecule has 1 aromatic heterocycles. The van der Waals surface area contributed by atoms with Gasteiger partial charge in [-0.05, 0) is 43.2 Å². The maximum absolute atomic E-state index is 5.87. The molecule has 26 heavy (non-hydrogen) atoms. The van der Waals surface area contributed by atoms with Gasteiger partial charge in [-0.15, -0.1) is 0 Å². The minimum atomic E-state index is -0.0456. The third-order valence-corrected chi connectivity index (χ3v) is 4.93. The Morgan fingerprint density at radius 3 is 2.15 bits per heavy atom. The SMILES string of the molecule is Cc1ccc(C2(c3ccc(OCc4ccnc(C)n4)cc3)COC2)cc1. The van der Waals surface area contributed by atoms with Crippen molar-refractivity contribution in [3.8, 4) is 5.75 Å². The van der Waals surface area contributed by atoms with Crippen molar-refractivity contribution in [2.24, 2.45) is 0 Å². The van der Waals surface area contributed by atoms with Crippen molar-refractivity contribution in [2.75, 3.05) is 13.2 Å². The van der Waals surface area contributed by atoms with Crippen LogP contribution in [0.5, 0.6) is 5.75 Å². The standard InChI is InChI=1S/C22H22N2O2/c1-16-3-5-18(6-4-16)22(14-25-15-22)19-7-9-21(10-8-19)26-13-20-11-12-23-17(2)24-20/h3-12H,13-15H2,1-2H3. The highest BCUT2D eigenvalue weighted by molar-refractivity contribution is 5.44. The van der Waals surface area contributed by atoms with E-state index in [1.54, 1.807) is 6.20 Å². The monoisotopic (exact) mass is 346 g/mol. The molecule has 0 saturated carbocycles. The van der Waals surface area contributed by atoms with E-state index in [9.17, 15) is 0 Å². The highest BCUT2D eigenvalue weighted by atomic mass is 16.5. The lowest BCUT2D eigenvalue weighted by atomic mass is 9.73. The van der Waals surface area contributed by atoms with Crippen molar-refractivity contribution in [3.05, 3.63) is 89.0 Å². The fourth-order valence-electron chi connectivity index (χ4n) is 3.29. The van der Waals surface area contributed by atoms with Gasteiger partial charge >= 0.3 is 0 Å². The predicted octanol–water partition coefficient (Wildman–Crippen LogP) is 3.99. The van der Waals surface area contributed by atoms with Crippen LogP contribution in [-0.4, -0.2) is 23.2 Å². The highest BCUT2D eigenvalue weighted by Gasteiger charge is 2.41. The van der Waals surface area contributed by atoms with Gasteiger partial charge in [-0.3, -0.25) is 0 Å². The number of aryl methyl sites for hydroxylation is 2. The molecule has 0 atom stereocenters. The number of benzene rings is 2. The average Bonchev–Trinajstić information content (AvgIpc) is 2.62. The Hall–Kier alpha value is -2.72. The zero-order valence-electron chi connectivity index (χ0n) is 15.1. The van der Waals surface area contributed by atoms with E-state index in [1.165, 1.54) is 16.7 Å². The molecule has 0 radical (unpaired) electrons. The summed E-state index contributed by atoms with van der Waals surface area (Å²) in [6.45, 7) is 5.87. The molecule has 0 aliphatic carbocycles. The lowest BCUT2D eigenvalue weighted by Crippen LogP contribution is -2.47. The Bertz CT molecular complexity index is 885. The number of hydrogen-bond acceptors (Lipinski definition) is 4. The lowest BCUT2D eigenvalue weighted by molar-refractivity contribution is -0.0380. The molecule has 4 nitrogen and oxygen atoms in total. The summed E-state index contributed by atoms with van der Waals surface area (Å²) >= 11 is 0. The largest absolute Gasteiger partial charge is 0.487 e. The Labute approximate surface area is 153 Å². The average molecular weight is 346 g/mol. The fourth-order valence-corrected chi connectivity index (χ4v) is 3.29. The van der Waals surface area contributed by atoms with E-state index < -0.39 is 0 Å². The van der Waals surface area contributed by atoms with E-state index in [0.717, 1.165) is 30.5 Å². The van der Waals surface area contributed by atoms with Crippen molar-refractivity contribution < 1.29 is 9.47 Å². The highest BCUT2D eigenvalue weighted by Crippen LogP contribution is 2.39. The molecular formula is C22H22N2O2. The van der Waals surface area contributed by atoms with Crippen molar-refractivity contribution in [2.45, 2.75) is 25.9 Å². The first-order chi connectivity index (χ1) is 12.7. The molecule has 1 aliphatic rings. The molecule has 4 rings (SSSR count). The third-order valence-electron chi connectivity index (χ3n) is 4.93. The molecule has 132 valence electrons.